The molecule has 4 amide bonds. The summed E-state index contributed by atoms with van der Waals surface area (Å²) in [4.78, 5) is 62.2. The van der Waals surface area contributed by atoms with Crippen LogP contribution in [-0.4, -0.2) is 51.7 Å². The van der Waals surface area contributed by atoms with Gasteiger partial charge >= 0.3 is 0 Å². The van der Waals surface area contributed by atoms with E-state index in [1.165, 1.54) is 9.80 Å². The van der Waals surface area contributed by atoms with Crippen molar-refractivity contribution in [3.63, 3.8) is 0 Å². The number of allylic oxidation sites excluding steroid dienone is 2. The van der Waals surface area contributed by atoms with Gasteiger partial charge in [0.25, 0.3) is 0 Å². The molecule has 2 aliphatic heterocycles. The number of aliphatic hydroxyl groups is 1. The van der Waals surface area contributed by atoms with Gasteiger partial charge in [0, 0.05) is 37.9 Å². The van der Waals surface area contributed by atoms with Crippen molar-refractivity contribution >= 4 is 90.7 Å². The Kier molecular flexibility index (Phi) is 8.83. The van der Waals surface area contributed by atoms with E-state index in [-0.39, 0.29) is 43.3 Å². The number of aliphatic hydroxyl groups excluding tert-OH is 1. The van der Waals surface area contributed by atoms with Crippen LogP contribution in [-0.2, 0) is 26.2 Å². The van der Waals surface area contributed by atoms with E-state index in [9.17, 15) is 19.5 Å². The molecule has 0 spiro atoms. The molecule has 2 aromatic heterocycles. The summed E-state index contributed by atoms with van der Waals surface area (Å²) in [5.74, 6) is -3.68. The number of hydrogen-bond donors (Lipinski definition) is 1. The number of imide groups is 2. The minimum Gasteiger partial charge on any atom is -0.491 e. The van der Waals surface area contributed by atoms with E-state index in [1.807, 2.05) is 68.5 Å². The second-order valence-electron chi connectivity index (χ2n) is 15.0. The number of aryl methyl sites for hydroxylation is 2. The van der Waals surface area contributed by atoms with Crippen molar-refractivity contribution in [2.24, 2.45) is 36.1 Å². The standard InChI is InChI=1S/C42H36ClIN4O6S/c1-21-28-18-22(43)8-15-33(28)55-37(21)31-20-34(46(3)45-31)48-39(51)30-19-29-25(36(42(30,2)41(48)53)26-6-4-5-7-32(26)54-17-16-49)13-14-27-35(29)40(52)47(38(27)50)24-11-9-23(44)10-12-24/h4-13,15,18,20,27,29-30,35-36,49H,14,16-17,19H2,1-3H3/t27-,29+,30-,35-,36+,42+/m0/s1. The summed E-state index contributed by atoms with van der Waals surface area (Å²) in [6.45, 7) is 3.69. The molecule has 5 aromatic rings. The number of ether oxygens (including phenoxy) is 1. The average Bonchev–Trinajstić information content (AvgIpc) is 3.84. The van der Waals surface area contributed by atoms with Crippen molar-refractivity contribution in [3.05, 3.63) is 104 Å². The van der Waals surface area contributed by atoms with E-state index in [0.29, 0.717) is 40.0 Å². The monoisotopic (exact) mass is 886 g/mol. The van der Waals surface area contributed by atoms with Crippen LogP contribution in [0.1, 0.15) is 36.8 Å². The van der Waals surface area contributed by atoms with Crippen molar-refractivity contribution in [3.8, 4) is 16.3 Å². The minimum atomic E-state index is -1.28. The summed E-state index contributed by atoms with van der Waals surface area (Å²) < 4.78 is 9.69. The number of anilines is 2. The first-order chi connectivity index (χ1) is 26.4. The van der Waals surface area contributed by atoms with Gasteiger partial charge in [0.2, 0.25) is 23.6 Å². The lowest BCUT2D eigenvalue weighted by Crippen LogP contribution is -2.49. The largest absolute Gasteiger partial charge is 0.491 e. The number of para-hydroxylation sites is 1. The first-order valence-corrected chi connectivity index (χ1v) is 20.5. The van der Waals surface area contributed by atoms with Gasteiger partial charge in [-0.25, -0.2) is 4.90 Å². The van der Waals surface area contributed by atoms with E-state index in [0.717, 1.165) is 29.7 Å². The highest BCUT2D eigenvalue weighted by atomic mass is 127. The number of aromatic nitrogens is 2. The van der Waals surface area contributed by atoms with E-state index < -0.39 is 35.0 Å². The molecule has 1 saturated carbocycles. The van der Waals surface area contributed by atoms with Crippen LogP contribution in [0.15, 0.2) is 84.4 Å². The fourth-order valence-electron chi connectivity index (χ4n) is 9.64. The van der Waals surface area contributed by atoms with E-state index >= 15 is 4.79 Å². The molecular weight excluding hydrogens is 851 g/mol. The summed E-state index contributed by atoms with van der Waals surface area (Å²) >= 11 is 10.1. The van der Waals surface area contributed by atoms with Crippen LogP contribution in [0.4, 0.5) is 11.5 Å². The van der Waals surface area contributed by atoms with Gasteiger partial charge in [-0.1, -0.05) is 41.4 Å². The normalized spacial score (nSPS) is 26.1. The summed E-state index contributed by atoms with van der Waals surface area (Å²) in [6.07, 6.45) is 2.58. The molecule has 55 heavy (non-hydrogen) atoms. The quantitative estimate of drug-likeness (QED) is 0.101. The zero-order valence-corrected chi connectivity index (χ0v) is 33.9. The van der Waals surface area contributed by atoms with Gasteiger partial charge in [0.05, 0.1) is 40.3 Å². The van der Waals surface area contributed by atoms with Crippen LogP contribution in [0.5, 0.6) is 5.75 Å². The SMILES string of the molecule is Cc1c(-c2cc(N3C(=O)[C@@H]4C[C@@H]5C(=CC[C@@H]6C(=O)N(c7ccc(I)cc7)C(=O)[C@@H]65)[C@H](c5ccccc5OCCO)[C@]4(C)C3=O)n(C)n2)sc2ccc(Cl)cc12. The number of amides is 4. The predicted molar refractivity (Wildman–Crippen MR) is 219 cm³/mol. The number of benzene rings is 3. The van der Waals surface area contributed by atoms with Crippen molar-refractivity contribution in [1.82, 2.24) is 9.78 Å². The molecule has 1 N–H and O–H groups in total. The molecule has 4 aliphatic rings. The third-order valence-electron chi connectivity index (χ3n) is 12.2. The Morgan fingerprint density at radius 3 is 2.51 bits per heavy atom. The number of fused-ring (bicyclic) bond motifs is 5. The van der Waals surface area contributed by atoms with Crippen LogP contribution in [0.3, 0.4) is 0 Å². The van der Waals surface area contributed by atoms with Gasteiger partial charge in [-0.15, -0.1) is 11.3 Å². The van der Waals surface area contributed by atoms with Gasteiger partial charge in [-0.2, -0.15) is 5.10 Å². The highest BCUT2D eigenvalue weighted by Gasteiger charge is 2.68. The summed E-state index contributed by atoms with van der Waals surface area (Å²) in [5.41, 5.74) is 2.44. The van der Waals surface area contributed by atoms with Crippen LogP contribution in [0.2, 0.25) is 5.02 Å². The topological polar surface area (TPSA) is 122 Å². The first kappa shape index (κ1) is 36.3. The molecule has 10 nitrogen and oxygen atoms in total. The molecule has 13 heteroatoms. The molecule has 0 radical (unpaired) electrons. The second-order valence-corrected chi connectivity index (χ2v) is 17.7. The fourth-order valence-corrected chi connectivity index (χ4v) is 11.3. The fraction of sp³-hybridized carbons (Fsp3) is 0.310. The molecule has 9 rings (SSSR count). The first-order valence-electron chi connectivity index (χ1n) is 18.2. The third-order valence-corrected chi connectivity index (χ3v) is 14.4. The number of halogens is 2. The van der Waals surface area contributed by atoms with Crippen molar-refractivity contribution in [2.75, 3.05) is 23.0 Å². The number of carbonyl (C=O) groups is 4. The smallest absolute Gasteiger partial charge is 0.242 e. The van der Waals surface area contributed by atoms with Crippen LogP contribution in [0.25, 0.3) is 20.7 Å². The number of hydrogen-bond acceptors (Lipinski definition) is 8. The Hall–Kier alpha value is -4.37. The molecule has 3 fully saturated rings. The van der Waals surface area contributed by atoms with Crippen molar-refractivity contribution in [2.45, 2.75) is 32.6 Å². The molecular formula is C42H36ClIN4O6S. The Labute approximate surface area is 339 Å². The average molecular weight is 887 g/mol. The zero-order chi connectivity index (χ0) is 38.5. The van der Waals surface area contributed by atoms with E-state index in [2.05, 4.69) is 22.6 Å². The van der Waals surface area contributed by atoms with Crippen LogP contribution < -0.4 is 14.5 Å². The molecule has 2 aliphatic carbocycles. The van der Waals surface area contributed by atoms with Gasteiger partial charge in [-0.05, 0) is 115 Å². The molecule has 3 aromatic carbocycles. The van der Waals surface area contributed by atoms with E-state index in [1.54, 1.807) is 47.3 Å². The molecule has 0 bridgehead atoms. The molecule has 6 atom stereocenters. The molecule has 0 unspecified atom stereocenters. The van der Waals surface area contributed by atoms with Crippen molar-refractivity contribution < 1.29 is 29.0 Å². The predicted octanol–water partition coefficient (Wildman–Crippen LogP) is 7.67. The van der Waals surface area contributed by atoms with Gasteiger partial charge in [0.15, 0.2) is 0 Å². The number of rotatable bonds is 7. The van der Waals surface area contributed by atoms with Gasteiger partial charge in [-0.3, -0.25) is 28.8 Å². The zero-order valence-electron chi connectivity index (χ0n) is 30.2. The maximum Gasteiger partial charge on any atom is 0.242 e. The summed E-state index contributed by atoms with van der Waals surface area (Å²) in [6, 6.07) is 22.2. The summed E-state index contributed by atoms with van der Waals surface area (Å²) in [7, 11) is 1.73. The Balaban J connectivity index is 1.16. The van der Waals surface area contributed by atoms with Crippen molar-refractivity contribution in [1.29, 1.82) is 0 Å². The molecule has 4 heterocycles. The number of thiophene rings is 1. The number of carbonyl (C=O) groups excluding carboxylic acids is 4. The lowest BCUT2D eigenvalue weighted by Gasteiger charge is -2.49. The van der Waals surface area contributed by atoms with Gasteiger partial charge < -0.3 is 9.84 Å². The second kappa shape index (κ2) is 13.4. The summed E-state index contributed by atoms with van der Waals surface area (Å²) in [5, 5.41) is 16.2. The Morgan fingerprint density at radius 2 is 1.75 bits per heavy atom. The molecule has 2 saturated heterocycles. The maximum absolute atomic E-state index is 15.2. The molecule has 280 valence electrons. The van der Waals surface area contributed by atoms with Crippen LogP contribution >= 0.6 is 45.5 Å². The lowest BCUT2D eigenvalue weighted by atomic mass is 9.51. The third kappa shape index (κ3) is 5.38. The highest BCUT2D eigenvalue weighted by Crippen LogP contribution is 2.64. The van der Waals surface area contributed by atoms with E-state index in [4.69, 9.17) is 21.4 Å². The van der Waals surface area contributed by atoms with Crippen LogP contribution in [0, 0.1) is 39.6 Å². The Morgan fingerprint density at radius 1 is 0.982 bits per heavy atom. The maximum atomic E-state index is 15.2. The van der Waals surface area contributed by atoms with Gasteiger partial charge in [0.1, 0.15) is 23.9 Å². The lowest BCUT2D eigenvalue weighted by molar-refractivity contribution is -0.131. The minimum absolute atomic E-state index is 0.0369. The highest BCUT2D eigenvalue weighted by molar-refractivity contribution is 14.1. The Bertz CT molecular complexity index is 2490. The number of nitrogens with zero attached hydrogens (tertiary/aromatic N) is 4.